The zero-order valence-electron chi connectivity index (χ0n) is 11.5. The Kier molecular flexibility index (Phi) is 8.77. The van der Waals surface area contributed by atoms with Gasteiger partial charge in [-0.25, -0.2) is 13.1 Å². The van der Waals surface area contributed by atoms with E-state index in [9.17, 15) is 8.42 Å². The minimum absolute atomic E-state index is 0.0430. The van der Waals surface area contributed by atoms with Crippen molar-refractivity contribution in [2.75, 3.05) is 39.5 Å². The number of likely N-dealkylation sites (N-methyl/N-ethyl adjacent to an activating group) is 1. The van der Waals surface area contributed by atoms with Crippen molar-refractivity contribution >= 4 is 10.0 Å². The summed E-state index contributed by atoms with van der Waals surface area (Å²) >= 11 is 0. The van der Waals surface area contributed by atoms with E-state index in [4.69, 9.17) is 0 Å². The van der Waals surface area contributed by atoms with Gasteiger partial charge < -0.3 is 10.2 Å². The van der Waals surface area contributed by atoms with Crippen molar-refractivity contribution in [3.63, 3.8) is 0 Å². The summed E-state index contributed by atoms with van der Waals surface area (Å²) in [6, 6.07) is -0.0430. The van der Waals surface area contributed by atoms with E-state index in [2.05, 4.69) is 17.0 Å². The first-order valence-electron chi connectivity index (χ1n) is 6.23. The summed E-state index contributed by atoms with van der Waals surface area (Å²) < 4.78 is 26.1. The van der Waals surface area contributed by atoms with Gasteiger partial charge in [-0.05, 0) is 47.0 Å². The summed E-state index contributed by atoms with van der Waals surface area (Å²) in [4.78, 5) is 1.97. The topological polar surface area (TPSA) is 61.4 Å². The van der Waals surface area contributed by atoms with Crippen LogP contribution in [0.2, 0.25) is 0 Å². The van der Waals surface area contributed by atoms with Crippen molar-refractivity contribution in [1.29, 1.82) is 0 Å². The van der Waals surface area contributed by atoms with Gasteiger partial charge in [0.15, 0.2) is 0 Å². The Balaban J connectivity index is 3.79. The highest BCUT2D eigenvalue weighted by Gasteiger charge is 2.14. The highest BCUT2D eigenvalue weighted by molar-refractivity contribution is 7.89. The van der Waals surface area contributed by atoms with Crippen molar-refractivity contribution in [3.8, 4) is 0 Å². The van der Waals surface area contributed by atoms with Crippen LogP contribution in [0, 0.1) is 0 Å². The van der Waals surface area contributed by atoms with E-state index < -0.39 is 10.0 Å². The molecule has 104 valence electrons. The molecule has 0 aliphatic carbocycles. The maximum Gasteiger partial charge on any atom is 0.211 e. The summed E-state index contributed by atoms with van der Waals surface area (Å²) in [6.07, 6.45) is 1.73. The highest BCUT2D eigenvalue weighted by atomic mass is 32.2. The first-order valence-corrected chi connectivity index (χ1v) is 7.88. The van der Waals surface area contributed by atoms with Gasteiger partial charge in [0.05, 0.1) is 5.75 Å². The van der Waals surface area contributed by atoms with E-state index in [1.165, 1.54) is 0 Å². The SMILES string of the molecule is CCCNCCCS(=O)(=O)NC(C)CN(C)C. The van der Waals surface area contributed by atoms with Crippen LogP contribution in [0.25, 0.3) is 0 Å². The lowest BCUT2D eigenvalue weighted by Crippen LogP contribution is -2.40. The number of hydrogen-bond donors (Lipinski definition) is 2. The van der Waals surface area contributed by atoms with Crippen molar-refractivity contribution in [1.82, 2.24) is 14.9 Å². The average molecular weight is 265 g/mol. The molecule has 0 aromatic heterocycles. The molecule has 6 heteroatoms. The van der Waals surface area contributed by atoms with E-state index in [0.717, 1.165) is 19.5 Å². The van der Waals surface area contributed by atoms with Gasteiger partial charge in [-0.3, -0.25) is 0 Å². The Morgan fingerprint density at radius 3 is 2.41 bits per heavy atom. The third-order valence-electron chi connectivity index (χ3n) is 2.21. The fraction of sp³-hybridized carbons (Fsp3) is 1.00. The summed E-state index contributed by atoms with van der Waals surface area (Å²) in [7, 11) is 0.730. The third-order valence-corrected chi connectivity index (χ3v) is 3.80. The number of rotatable bonds is 10. The van der Waals surface area contributed by atoms with Crippen LogP contribution < -0.4 is 10.0 Å². The molecule has 0 fully saturated rings. The largest absolute Gasteiger partial charge is 0.317 e. The Morgan fingerprint density at radius 1 is 1.24 bits per heavy atom. The summed E-state index contributed by atoms with van der Waals surface area (Å²) in [5, 5.41) is 3.19. The van der Waals surface area contributed by atoms with E-state index in [1.54, 1.807) is 0 Å². The molecule has 0 saturated carbocycles. The van der Waals surface area contributed by atoms with Crippen LogP contribution in [0.5, 0.6) is 0 Å². The number of nitrogens with one attached hydrogen (secondary N) is 2. The molecule has 0 aromatic carbocycles. The lowest BCUT2D eigenvalue weighted by Gasteiger charge is -2.18. The predicted octanol–water partition coefficient (Wildman–Crippen LogP) is 0.246. The van der Waals surface area contributed by atoms with E-state index in [-0.39, 0.29) is 11.8 Å². The molecule has 5 nitrogen and oxygen atoms in total. The van der Waals surface area contributed by atoms with Gasteiger partial charge >= 0.3 is 0 Å². The maximum atomic E-state index is 11.7. The lowest BCUT2D eigenvalue weighted by atomic mass is 10.3. The Bertz CT molecular complexity index is 278. The number of hydrogen-bond acceptors (Lipinski definition) is 4. The maximum absolute atomic E-state index is 11.7. The second kappa shape index (κ2) is 8.85. The standard InChI is InChI=1S/C11H27N3O2S/c1-5-7-12-8-6-9-17(15,16)13-11(2)10-14(3)4/h11-13H,5-10H2,1-4H3. The van der Waals surface area contributed by atoms with E-state index in [0.29, 0.717) is 13.0 Å². The molecule has 0 bridgehead atoms. The zero-order valence-corrected chi connectivity index (χ0v) is 12.3. The molecule has 1 atom stereocenters. The second-order valence-electron chi connectivity index (χ2n) is 4.70. The summed E-state index contributed by atoms with van der Waals surface area (Å²) in [6.45, 7) is 6.40. The van der Waals surface area contributed by atoms with Gasteiger partial charge in [-0.1, -0.05) is 6.92 Å². The van der Waals surface area contributed by atoms with Crippen LogP contribution in [0.15, 0.2) is 0 Å². The number of nitrogens with zero attached hydrogens (tertiary/aromatic N) is 1. The van der Waals surface area contributed by atoms with Gasteiger partial charge in [-0.2, -0.15) is 0 Å². The lowest BCUT2D eigenvalue weighted by molar-refractivity contribution is 0.370. The minimum Gasteiger partial charge on any atom is -0.317 e. The third kappa shape index (κ3) is 10.7. The summed E-state index contributed by atoms with van der Waals surface area (Å²) in [5.74, 6) is 0.196. The molecular formula is C11H27N3O2S. The number of sulfonamides is 1. The van der Waals surface area contributed by atoms with Crippen molar-refractivity contribution in [3.05, 3.63) is 0 Å². The Hall–Kier alpha value is -0.170. The molecule has 1 unspecified atom stereocenters. The van der Waals surface area contributed by atoms with Gasteiger partial charge in [0.1, 0.15) is 0 Å². The molecule has 2 N–H and O–H groups in total. The molecule has 0 rings (SSSR count). The molecule has 17 heavy (non-hydrogen) atoms. The van der Waals surface area contributed by atoms with Crippen molar-refractivity contribution in [2.24, 2.45) is 0 Å². The van der Waals surface area contributed by atoms with E-state index in [1.807, 2.05) is 25.9 Å². The molecule has 0 aliphatic heterocycles. The molecular weight excluding hydrogens is 238 g/mol. The van der Waals surface area contributed by atoms with Crippen LogP contribution in [0.3, 0.4) is 0 Å². The van der Waals surface area contributed by atoms with Crippen LogP contribution in [0.1, 0.15) is 26.7 Å². The van der Waals surface area contributed by atoms with Gasteiger partial charge in [0, 0.05) is 12.6 Å². The van der Waals surface area contributed by atoms with Gasteiger partial charge in [0.25, 0.3) is 0 Å². The Labute approximate surface area is 106 Å². The normalized spacial score (nSPS) is 14.2. The quantitative estimate of drug-likeness (QED) is 0.556. The van der Waals surface area contributed by atoms with Crippen molar-refractivity contribution in [2.45, 2.75) is 32.7 Å². The van der Waals surface area contributed by atoms with Crippen LogP contribution in [0.4, 0.5) is 0 Å². The van der Waals surface area contributed by atoms with Crippen LogP contribution in [-0.4, -0.2) is 58.8 Å². The highest BCUT2D eigenvalue weighted by Crippen LogP contribution is 1.94. The zero-order chi connectivity index (χ0) is 13.3. The fourth-order valence-electron chi connectivity index (χ4n) is 1.64. The van der Waals surface area contributed by atoms with Crippen LogP contribution >= 0.6 is 0 Å². The molecule has 0 amide bonds. The molecule has 0 spiro atoms. The first-order chi connectivity index (χ1) is 7.87. The molecule has 0 aliphatic rings. The minimum atomic E-state index is -3.13. The molecule has 0 saturated heterocycles. The average Bonchev–Trinajstić information content (AvgIpc) is 2.14. The molecule has 0 radical (unpaired) electrons. The summed E-state index contributed by atoms with van der Waals surface area (Å²) in [5.41, 5.74) is 0. The van der Waals surface area contributed by atoms with Gasteiger partial charge in [0.2, 0.25) is 10.0 Å². The Morgan fingerprint density at radius 2 is 1.88 bits per heavy atom. The molecule has 0 heterocycles. The van der Waals surface area contributed by atoms with Gasteiger partial charge in [-0.15, -0.1) is 0 Å². The monoisotopic (exact) mass is 265 g/mol. The van der Waals surface area contributed by atoms with Crippen molar-refractivity contribution < 1.29 is 8.42 Å². The molecule has 0 aromatic rings. The second-order valence-corrected chi connectivity index (χ2v) is 6.58. The fourth-order valence-corrected chi connectivity index (χ4v) is 2.97. The first kappa shape index (κ1) is 16.8. The smallest absolute Gasteiger partial charge is 0.211 e. The van der Waals surface area contributed by atoms with E-state index >= 15 is 0 Å². The predicted molar refractivity (Wildman–Crippen MR) is 72.7 cm³/mol. The van der Waals surface area contributed by atoms with Crippen LogP contribution in [-0.2, 0) is 10.0 Å².